The van der Waals surface area contributed by atoms with Crippen molar-refractivity contribution in [2.75, 3.05) is 19.6 Å². The molecule has 1 rings (SSSR count). The molecule has 0 radical (unpaired) electrons. The number of ether oxygens (including phenoxy) is 1. The minimum absolute atomic E-state index is 0.325. The van der Waals surface area contributed by atoms with Crippen molar-refractivity contribution in [3.8, 4) is 0 Å². The number of aryl methyl sites for hydroxylation is 1. The van der Waals surface area contributed by atoms with Gasteiger partial charge in [-0.1, -0.05) is 5.21 Å². The van der Waals surface area contributed by atoms with Crippen LogP contribution in [0.1, 0.15) is 25.1 Å². The van der Waals surface area contributed by atoms with Crippen molar-refractivity contribution in [1.82, 2.24) is 15.0 Å². The fourth-order valence-electron chi connectivity index (χ4n) is 1.16. The van der Waals surface area contributed by atoms with Crippen LogP contribution in [0.15, 0.2) is 6.20 Å². The predicted octanol–water partition coefficient (Wildman–Crippen LogP) is 1.66. The van der Waals surface area contributed by atoms with Gasteiger partial charge in [0.05, 0.1) is 11.7 Å². The monoisotopic (exact) mass is 217 g/mol. The summed E-state index contributed by atoms with van der Waals surface area (Å²) in [6.45, 7) is 2.84. The van der Waals surface area contributed by atoms with Crippen LogP contribution in [0.25, 0.3) is 0 Å². The first-order valence-corrected chi connectivity index (χ1v) is 5.27. The summed E-state index contributed by atoms with van der Waals surface area (Å²) in [5, 5.41) is 8.06. The molecule has 1 aromatic rings. The Bertz CT molecular complexity index is 264. The summed E-state index contributed by atoms with van der Waals surface area (Å²) in [4.78, 5) is 0. The number of alkyl halides is 1. The Hall–Kier alpha value is -0.610. The lowest BCUT2D eigenvalue weighted by Crippen LogP contribution is -2.08. The topological polar surface area (TPSA) is 39.9 Å². The van der Waals surface area contributed by atoms with Gasteiger partial charge in [-0.2, -0.15) is 0 Å². The van der Waals surface area contributed by atoms with E-state index in [1.807, 2.05) is 10.9 Å². The Morgan fingerprint density at radius 1 is 1.64 bits per heavy atom. The minimum atomic E-state index is 0.325. The van der Waals surface area contributed by atoms with Gasteiger partial charge < -0.3 is 4.74 Å². The van der Waals surface area contributed by atoms with Crippen LogP contribution in [-0.2, 0) is 11.2 Å². The second kappa shape index (κ2) is 5.98. The molecule has 14 heavy (non-hydrogen) atoms. The fraction of sp³-hybridized carbons (Fsp3) is 0.778. The molecule has 80 valence electrons. The summed E-state index contributed by atoms with van der Waals surface area (Å²) in [5.74, 6) is 0.588. The average molecular weight is 218 g/mol. The quantitative estimate of drug-likeness (QED) is 0.681. The first-order chi connectivity index (χ1) is 6.77. The molecule has 1 atom stereocenters. The fourth-order valence-corrected chi connectivity index (χ4v) is 1.35. The van der Waals surface area contributed by atoms with Crippen molar-refractivity contribution in [3.05, 3.63) is 11.9 Å². The summed E-state index contributed by atoms with van der Waals surface area (Å²) in [6.07, 6.45) is 3.67. The Balaban J connectivity index is 2.48. The zero-order valence-corrected chi connectivity index (χ0v) is 9.37. The first-order valence-electron chi connectivity index (χ1n) is 4.73. The van der Waals surface area contributed by atoms with E-state index in [1.165, 1.54) is 0 Å². The molecule has 0 saturated carbocycles. The van der Waals surface area contributed by atoms with Crippen molar-refractivity contribution in [2.45, 2.75) is 25.8 Å². The molecule has 0 bridgehead atoms. The van der Waals surface area contributed by atoms with E-state index in [-0.39, 0.29) is 0 Å². The third-order valence-electron chi connectivity index (χ3n) is 2.10. The molecule has 0 saturated heterocycles. The third kappa shape index (κ3) is 3.27. The lowest BCUT2D eigenvalue weighted by atomic mass is 10.2. The largest absolute Gasteiger partial charge is 0.385 e. The smallest absolute Gasteiger partial charge is 0.0839 e. The molecule has 0 spiro atoms. The van der Waals surface area contributed by atoms with Crippen molar-refractivity contribution < 1.29 is 4.74 Å². The second-order valence-corrected chi connectivity index (χ2v) is 3.64. The Morgan fingerprint density at radius 2 is 2.43 bits per heavy atom. The van der Waals surface area contributed by atoms with Crippen LogP contribution < -0.4 is 0 Å². The summed E-state index contributed by atoms with van der Waals surface area (Å²) >= 11 is 5.61. The van der Waals surface area contributed by atoms with Gasteiger partial charge in [-0.25, -0.2) is 4.68 Å². The molecule has 0 aromatic carbocycles. The molecule has 0 fully saturated rings. The molecule has 0 aliphatic heterocycles. The lowest BCUT2D eigenvalue weighted by Gasteiger charge is -2.09. The van der Waals surface area contributed by atoms with E-state index >= 15 is 0 Å². The molecular weight excluding hydrogens is 202 g/mol. The highest BCUT2D eigenvalue weighted by Gasteiger charge is 2.07. The molecular formula is C9H16ClN3O. The van der Waals surface area contributed by atoms with E-state index < -0.39 is 0 Å². The second-order valence-electron chi connectivity index (χ2n) is 3.26. The van der Waals surface area contributed by atoms with Gasteiger partial charge in [0.15, 0.2) is 0 Å². The molecule has 5 heteroatoms. The van der Waals surface area contributed by atoms with E-state index in [4.69, 9.17) is 16.3 Å². The van der Waals surface area contributed by atoms with Crippen LogP contribution in [-0.4, -0.2) is 34.6 Å². The number of methoxy groups -OCH3 is 1. The van der Waals surface area contributed by atoms with Gasteiger partial charge in [0.25, 0.3) is 0 Å². The maximum absolute atomic E-state index is 5.61. The van der Waals surface area contributed by atoms with Crippen molar-refractivity contribution in [2.24, 2.45) is 0 Å². The Kier molecular flexibility index (Phi) is 4.90. The van der Waals surface area contributed by atoms with E-state index in [9.17, 15) is 0 Å². The molecule has 0 amide bonds. The Labute approximate surface area is 89.2 Å². The van der Waals surface area contributed by atoms with E-state index in [0.29, 0.717) is 11.9 Å². The Morgan fingerprint density at radius 3 is 3.07 bits per heavy atom. The van der Waals surface area contributed by atoms with Gasteiger partial charge in [0.1, 0.15) is 0 Å². The number of hydrogen-bond donors (Lipinski definition) is 0. The van der Waals surface area contributed by atoms with Crippen LogP contribution in [0.5, 0.6) is 0 Å². The first kappa shape index (κ1) is 11.5. The van der Waals surface area contributed by atoms with E-state index in [2.05, 4.69) is 17.2 Å². The highest BCUT2D eigenvalue weighted by atomic mass is 35.5. The molecule has 1 unspecified atom stereocenters. The van der Waals surface area contributed by atoms with Gasteiger partial charge in [0.2, 0.25) is 0 Å². The zero-order chi connectivity index (χ0) is 10.4. The number of nitrogens with zero attached hydrogens (tertiary/aromatic N) is 3. The van der Waals surface area contributed by atoms with Crippen LogP contribution >= 0.6 is 11.6 Å². The normalized spacial score (nSPS) is 13.1. The lowest BCUT2D eigenvalue weighted by molar-refractivity contribution is 0.178. The summed E-state index contributed by atoms with van der Waals surface area (Å²) < 4.78 is 6.87. The van der Waals surface area contributed by atoms with Crippen LogP contribution in [0.4, 0.5) is 0 Å². The van der Waals surface area contributed by atoms with Crippen LogP contribution in [0.2, 0.25) is 0 Å². The van der Waals surface area contributed by atoms with Crippen molar-refractivity contribution in [3.63, 3.8) is 0 Å². The van der Waals surface area contributed by atoms with Gasteiger partial charge >= 0.3 is 0 Å². The predicted molar refractivity (Wildman–Crippen MR) is 55.7 cm³/mol. The van der Waals surface area contributed by atoms with Crippen LogP contribution in [0, 0.1) is 0 Å². The van der Waals surface area contributed by atoms with Crippen molar-refractivity contribution >= 4 is 11.6 Å². The van der Waals surface area contributed by atoms with Crippen LogP contribution in [0.3, 0.4) is 0 Å². The minimum Gasteiger partial charge on any atom is -0.385 e. The molecule has 0 aliphatic carbocycles. The number of halogens is 1. The SMILES string of the molecule is COCCC(C)n1cc(CCCl)nn1. The molecule has 0 N–H and O–H groups in total. The number of aromatic nitrogens is 3. The average Bonchev–Trinajstić information content (AvgIpc) is 2.63. The van der Waals surface area contributed by atoms with E-state index in [0.717, 1.165) is 25.1 Å². The van der Waals surface area contributed by atoms with Gasteiger partial charge in [-0.3, -0.25) is 0 Å². The van der Waals surface area contributed by atoms with Gasteiger partial charge in [0, 0.05) is 32.2 Å². The van der Waals surface area contributed by atoms with Gasteiger partial charge in [-0.05, 0) is 13.3 Å². The number of hydrogen-bond acceptors (Lipinski definition) is 3. The highest BCUT2D eigenvalue weighted by Crippen LogP contribution is 2.09. The maximum Gasteiger partial charge on any atom is 0.0839 e. The zero-order valence-electron chi connectivity index (χ0n) is 8.61. The molecule has 1 heterocycles. The standard InChI is InChI=1S/C9H16ClN3O/c1-8(4-6-14-2)13-7-9(3-5-10)11-12-13/h7-8H,3-6H2,1-2H3. The summed E-state index contributed by atoms with van der Waals surface area (Å²) in [5.41, 5.74) is 0.948. The molecule has 4 nitrogen and oxygen atoms in total. The van der Waals surface area contributed by atoms with Gasteiger partial charge in [-0.15, -0.1) is 16.7 Å². The van der Waals surface area contributed by atoms with E-state index in [1.54, 1.807) is 7.11 Å². The molecule has 0 aliphatic rings. The number of rotatable bonds is 6. The highest BCUT2D eigenvalue weighted by molar-refractivity contribution is 6.17. The third-order valence-corrected chi connectivity index (χ3v) is 2.29. The molecule has 1 aromatic heterocycles. The summed E-state index contributed by atoms with van der Waals surface area (Å²) in [6, 6.07) is 0.325. The van der Waals surface area contributed by atoms with Crippen molar-refractivity contribution in [1.29, 1.82) is 0 Å². The summed E-state index contributed by atoms with van der Waals surface area (Å²) in [7, 11) is 1.70. The maximum atomic E-state index is 5.61.